The molecule has 2 aliphatic rings. The van der Waals surface area contributed by atoms with Crippen LogP contribution in [0.15, 0.2) is 0 Å². The zero-order valence-electron chi connectivity index (χ0n) is 8.59. The van der Waals surface area contributed by atoms with Crippen molar-refractivity contribution in [2.24, 2.45) is 0 Å². The van der Waals surface area contributed by atoms with Gasteiger partial charge in [0.25, 0.3) is 0 Å². The van der Waals surface area contributed by atoms with Crippen molar-refractivity contribution in [2.45, 2.75) is 0 Å². The normalized spacial score (nSPS) is 24.0. The van der Waals surface area contributed by atoms with Crippen LogP contribution in [0.4, 0.5) is 0 Å². The smallest absolute Gasteiger partial charge is 0.0618 e. The predicted molar refractivity (Wildman–Crippen MR) is 60.4 cm³/mol. The van der Waals surface area contributed by atoms with Gasteiger partial charge in [-0.15, -0.1) is 24.8 Å². The molecular weight excluding hydrogens is 243 g/mol. The maximum Gasteiger partial charge on any atom is 0.0618 e. The van der Waals surface area contributed by atoms with E-state index in [-0.39, 0.29) is 24.8 Å². The SMILES string of the molecule is C1CN(ON2CCOCC2)CCO1.Cl.Cl. The molecular formula is C8H18Cl2N2O3. The summed E-state index contributed by atoms with van der Waals surface area (Å²) in [5.74, 6) is 0. The van der Waals surface area contributed by atoms with E-state index in [1.807, 2.05) is 10.1 Å². The molecule has 2 aliphatic heterocycles. The second kappa shape index (κ2) is 8.52. The molecule has 2 saturated heterocycles. The highest BCUT2D eigenvalue weighted by Crippen LogP contribution is 2.03. The van der Waals surface area contributed by atoms with Crippen LogP contribution in [0.2, 0.25) is 0 Å². The maximum absolute atomic E-state index is 5.64. The van der Waals surface area contributed by atoms with E-state index in [1.54, 1.807) is 0 Å². The fraction of sp³-hybridized carbons (Fsp3) is 1.00. The summed E-state index contributed by atoms with van der Waals surface area (Å²) >= 11 is 0. The first-order valence-corrected chi connectivity index (χ1v) is 4.78. The molecule has 0 atom stereocenters. The van der Waals surface area contributed by atoms with Gasteiger partial charge in [-0.1, -0.05) is 0 Å². The van der Waals surface area contributed by atoms with Gasteiger partial charge in [0.05, 0.1) is 26.4 Å². The van der Waals surface area contributed by atoms with Crippen molar-refractivity contribution in [3.8, 4) is 0 Å². The van der Waals surface area contributed by atoms with Crippen LogP contribution in [-0.4, -0.2) is 62.7 Å². The molecule has 0 aromatic carbocycles. The summed E-state index contributed by atoms with van der Waals surface area (Å²) in [6.45, 7) is 6.51. The third-order valence-corrected chi connectivity index (χ3v) is 2.17. The highest BCUT2D eigenvalue weighted by molar-refractivity contribution is 5.85. The summed E-state index contributed by atoms with van der Waals surface area (Å²) in [5.41, 5.74) is 0. The van der Waals surface area contributed by atoms with E-state index >= 15 is 0 Å². The van der Waals surface area contributed by atoms with E-state index in [0.717, 1.165) is 52.6 Å². The van der Waals surface area contributed by atoms with Crippen LogP contribution in [0.3, 0.4) is 0 Å². The third kappa shape index (κ3) is 5.31. The van der Waals surface area contributed by atoms with Crippen molar-refractivity contribution >= 4 is 24.8 Å². The van der Waals surface area contributed by atoms with Crippen molar-refractivity contribution in [3.63, 3.8) is 0 Å². The molecule has 0 bridgehead atoms. The molecule has 0 unspecified atom stereocenters. The van der Waals surface area contributed by atoms with Crippen LogP contribution in [0.5, 0.6) is 0 Å². The van der Waals surface area contributed by atoms with Gasteiger partial charge in [-0.05, 0) is 0 Å². The van der Waals surface area contributed by atoms with E-state index in [0.29, 0.717) is 0 Å². The average molecular weight is 261 g/mol. The lowest BCUT2D eigenvalue weighted by Gasteiger charge is -2.33. The van der Waals surface area contributed by atoms with Gasteiger partial charge in [-0.2, -0.15) is 10.1 Å². The molecule has 0 saturated carbocycles. The number of nitrogens with zero attached hydrogens (tertiary/aromatic N) is 2. The monoisotopic (exact) mass is 260 g/mol. The number of hydroxylamine groups is 4. The Labute approximate surface area is 102 Å². The van der Waals surface area contributed by atoms with Crippen molar-refractivity contribution in [1.29, 1.82) is 0 Å². The minimum Gasteiger partial charge on any atom is -0.379 e. The number of hydrogen-bond acceptors (Lipinski definition) is 5. The Bertz CT molecular complexity index is 137. The zero-order chi connectivity index (χ0) is 8.93. The largest absolute Gasteiger partial charge is 0.379 e. The first-order valence-electron chi connectivity index (χ1n) is 4.78. The Hall–Kier alpha value is 0.380. The lowest BCUT2D eigenvalue weighted by Crippen LogP contribution is -2.45. The number of hydrogen-bond donors (Lipinski definition) is 0. The van der Waals surface area contributed by atoms with Gasteiger partial charge in [-0.3, -0.25) is 0 Å². The standard InChI is InChI=1S/C8H16N2O3.2ClH/c1-5-11-6-2-9(1)13-10-3-7-12-8-4-10;;/h1-8H2;2*1H. The van der Waals surface area contributed by atoms with E-state index in [4.69, 9.17) is 14.4 Å². The van der Waals surface area contributed by atoms with Gasteiger partial charge in [-0.25, -0.2) is 4.94 Å². The predicted octanol–water partition coefficient (Wildman–Crippen LogP) is 0.341. The quantitative estimate of drug-likeness (QED) is 0.716. The summed E-state index contributed by atoms with van der Waals surface area (Å²) in [4.78, 5) is 5.64. The molecule has 7 heteroatoms. The zero-order valence-corrected chi connectivity index (χ0v) is 10.2. The van der Waals surface area contributed by atoms with E-state index in [1.165, 1.54) is 0 Å². The van der Waals surface area contributed by atoms with Gasteiger partial charge < -0.3 is 9.47 Å². The third-order valence-electron chi connectivity index (χ3n) is 2.17. The molecule has 92 valence electrons. The Balaban J connectivity index is 0.000000980. The Kier molecular flexibility index (Phi) is 8.74. The van der Waals surface area contributed by atoms with Crippen LogP contribution >= 0.6 is 24.8 Å². The minimum atomic E-state index is 0. The molecule has 0 aromatic rings. The Morgan fingerprint density at radius 1 is 0.667 bits per heavy atom. The Morgan fingerprint density at radius 2 is 1.00 bits per heavy atom. The van der Waals surface area contributed by atoms with Crippen LogP contribution in [-0.2, 0) is 14.4 Å². The molecule has 0 amide bonds. The molecule has 5 nitrogen and oxygen atoms in total. The molecule has 0 radical (unpaired) electrons. The maximum atomic E-state index is 5.64. The molecule has 0 spiro atoms. The average Bonchev–Trinajstić information content (AvgIpc) is 2.21. The first kappa shape index (κ1) is 15.4. The summed E-state index contributed by atoms with van der Waals surface area (Å²) in [6.07, 6.45) is 0. The van der Waals surface area contributed by atoms with Crippen LogP contribution in [0.25, 0.3) is 0 Å². The molecule has 15 heavy (non-hydrogen) atoms. The molecule has 0 aromatic heterocycles. The highest BCUT2D eigenvalue weighted by Gasteiger charge is 2.17. The minimum absolute atomic E-state index is 0. The lowest BCUT2D eigenvalue weighted by molar-refractivity contribution is -0.348. The van der Waals surface area contributed by atoms with Gasteiger partial charge in [0.1, 0.15) is 0 Å². The first-order chi connectivity index (χ1) is 6.45. The van der Waals surface area contributed by atoms with Crippen molar-refractivity contribution in [1.82, 2.24) is 10.1 Å². The summed E-state index contributed by atoms with van der Waals surface area (Å²) in [6, 6.07) is 0. The number of rotatable bonds is 2. The van der Waals surface area contributed by atoms with Crippen molar-refractivity contribution < 1.29 is 14.4 Å². The molecule has 2 rings (SSSR count). The topological polar surface area (TPSA) is 34.2 Å². The molecule has 2 fully saturated rings. The fourth-order valence-corrected chi connectivity index (χ4v) is 1.42. The highest BCUT2D eigenvalue weighted by atomic mass is 35.5. The fourth-order valence-electron chi connectivity index (χ4n) is 1.42. The lowest BCUT2D eigenvalue weighted by atomic mass is 10.5. The second-order valence-corrected chi connectivity index (χ2v) is 3.16. The molecule has 0 aliphatic carbocycles. The van der Waals surface area contributed by atoms with E-state index in [9.17, 15) is 0 Å². The molecule has 2 heterocycles. The summed E-state index contributed by atoms with van der Waals surface area (Å²) in [7, 11) is 0. The summed E-state index contributed by atoms with van der Waals surface area (Å²) < 4.78 is 10.4. The van der Waals surface area contributed by atoms with E-state index < -0.39 is 0 Å². The van der Waals surface area contributed by atoms with Crippen LogP contribution < -0.4 is 0 Å². The van der Waals surface area contributed by atoms with Crippen molar-refractivity contribution in [3.05, 3.63) is 0 Å². The number of morpholine rings is 2. The number of ether oxygens (including phenoxy) is 2. The van der Waals surface area contributed by atoms with Crippen LogP contribution in [0.1, 0.15) is 0 Å². The van der Waals surface area contributed by atoms with Gasteiger partial charge in [0.2, 0.25) is 0 Å². The summed E-state index contributed by atoms with van der Waals surface area (Å²) in [5, 5.41) is 3.91. The van der Waals surface area contributed by atoms with Gasteiger partial charge in [0, 0.05) is 26.2 Å². The van der Waals surface area contributed by atoms with E-state index in [2.05, 4.69) is 0 Å². The van der Waals surface area contributed by atoms with Gasteiger partial charge in [0.15, 0.2) is 0 Å². The van der Waals surface area contributed by atoms with Crippen LogP contribution in [0, 0.1) is 0 Å². The van der Waals surface area contributed by atoms with Gasteiger partial charge >= 0.3 is 0 Å². The molecule has 0 N–H and O–H groups in total. The second-order valence-electron chi connectivity index (χ2n) is 3.16. The Morgan fingerprint density at radius 3 is 1.33 bits per heavy atom. The number of halogens is 2. The van der Waals surface area contributed by atoms with Crippen molar-refractivity contribution in [2.75, 3.05) is 52.6 Å².